The van der Waals surface area contributed by atoms with Gasteiger partial charge < -0.3 is 14.2 Å². The quantitative estimate of drug-likeness (QED) is 0.0262. The van der Waals surface area contributed by atoms with E-state index in [9.17, 15) is 14.4 Å². The van der Waals surface area contributed by atoms with Gasteiger partial charge in [-0.1, -0.05) is 289 Å². The van der Waals surface area contributed by atoms with Crippen molar-refractivity contribution in [2.75, 3.05) is 13.2 Å². The number of unbranched alkanes of at least 4 members (excludes halogenated alkanes) is 41. The van der Waals surface area contributed by atoms with Gasteiger partial charge in [0, 0.05) is 19.3 Å². The second kappa shape index (κ2) is 57.5. The fraction of sp³-hybridized carbons (Fsp3) is 0.887. The number of carbonyl (C=O) groups is 3. The molecule has 0 aliphatic rings. The van der Waals surface area contributed by atoms with Crippen LogP contribution in [0.2, 0.25) is 0 Å². The van der Waals surface area contributed by atoms with Crippen molar-refractivity contribution in [1.29, 1.82) is 0 Å². The molecule has 0 N–H and O–H groups in total. The highest BCUT2D eigenvalue weighted by Crippen LogP contribution is 2.17. The molecule has 6 nitrogen and oxygen atoms in total. The molecular formula is C62H116O6. The van der Waals surface area contributed by atoms with Gasteiger partial charge in [-0.2, -0.15) is 0 Å². The van der Waals surface area contributed by atoms with Crippen molar-refractivity contribution in [3.8, 4) is 0 Å². The van der Waals surface area contributed by atoms with Crippen LogP contribution >= 0.6 is 0 Å². The zero-order valence-corrected chi connectivity index (χ0v) is 45.9. The van der Waals surface area contributed by atoms with Crippen LogP contribution in [0, 0.1) is 0 Å². The van der Waals surface area contributed by atoms with E-state index in [0.717, 1.165) is 77.0 Å². The van der Waals surface area contributed by atoms with Gasteiger partial charge in [0.25, 0.3) is 0 Å². The summed E-state index contributed by atoms with van der Waals surface area (Å²) in [5.41, 5.74) is 0. The summed E-state index contributed by atoms with van der Waals surface area (Å²) in [7, 11) is 0. The third-order valence-corrected chi connectivity index (χ3v) is 13.7. The zero-order chi connectivity index (χ0) is 49.3. The van der Waals surface area contributed by atoms with Gasteiger partial charge >= 0.3 is 17.9 Å². The molecule has 68 heavy (non-hydrogen) atoms. The Kier molecular flexibility index (Phi) is 55.7. The predicted molar refractivity (Wildman–Crippen MR) is 293 cm³/mol. The SMILES string of the molecule is CCCCCC/C=C\C/C=C\CCCCCCCC(=O)OC(COC(=O)CCCCCCCCCCCCCCCCC)COC(=O)CCCCCCCCCCCCCCCCCCCCC. The van der Waals surface area contributed by atoms with E-state index in [2.05, 4.69) is 45.1 Å². The van der Waals surface area contributed by atoms with Crippen molar-refractivity contribution in [1.82, 2.24) is 0 Å². The van der Waals surface area contributed by atoms with Crippen molar-refractivity contribution < 1.29 is 28.6 Å². The first kappa shape index (κ1) is 65.9. The summed E-state index contributed by atoms with van der Waals surface area (Å²) in [6.07, 6.45) is 67.4. The van der Waals surface area contributed by atoms with Crippen LogP contribution in [0.4, 0.5) is 0 Å². The lowest BCUT2D eigenvalue weighted by molar-refractivity contribution is -0.167. The highest BCUT2D eigenvalue weighted by atomic mass is 16.6. The van der Waals surface area contributed by atoms with Crippen molar-refractivity contribution in [3.05, 3.63) is 24.3 Å². The first-order valence-electron chi connectivity index (χ1n) is 30.3. The van der Waals surface area contributed by atoms with Crippen LogP contribution in [-0.4, -0.2) is 37.2 Å². The minimum Gasteiger partial charge on any atom is -0.462 e. The Morgan fingerprint density at radius 1 is 0.294 bits per heavy atom. The largest absolute Gasteiger partial charge is 0.462 e. The minimum absolute atomic E-state index is 0.0712. The molecule has 0 aromatic carbocycles. The first-order valence-corrected chi connectivity index (χ1v) is 30.3. The van der Waals surface area contributed by atoms with Gasteiger partial charge in [0.15, 0.2) is 6.10 Å². The van der Waals surface area contributed by atoms with Crippen LogP contribution in [0.15, 0.2) is 24.3 Å². The smallest absolute Gasteiger partial charge is 0.306 e. The molecule has 0 amide bonds. The van der Waals surface area contributed by atoms with Crippen LogP contribution in [-0.2, 0) is 28.6 Å². The van der Waals surface area contributed by atoms with Crippen molar-refractivity contribution >= 4 is 17.9 Å². The molecule has 0 spiro atoms. The normalized spacial score (nSPS) is 12.1. The van der Waals surface area contributed by atoms with E-state index in [1.165, 1.54) is 218 Å². The van der Waals surface area contributed by atoms with Crippen molar-refractivity contribution in [2.45, 2.75) is 341 Å². The molecule has 400 valence electrons. The maximum atomic E-state index is 12.9. The summed E-state index contributed by atoms with van der Waals surface area (Å²) in [6, 6.07) is 0. The maximum Gasteiger partial charge on any atom is 0.306 e. The van der Waals surface area contributed by atoms with Gasteiger partial charge in [-0.25, -0.2) is 0 Å². The average molecular weight is 958 g/mol. The molecule has 0 radical (unpaired) electrons. The molecule has 6 heteroatoms. The molecule has 0 aliphatic heterocycles. The molecular weight excluding hydrogens is 841 g/mol. The monoisotopic (exact) mass is 957 g/mol. The molecule has 0 bridgehead atoms. The number of hydrogen-bond acceptors (Lipinski definition) is 6. The zero-order valence-electron chi connectivity index (χ0n) is 45.9. The summed E-state index contributed by atoms with van der Waals surface area (Å²) >= 11 is 0. The second-order valence-electron chi connectivity index (χ2n) is 20.6. The van der Waals surface area contributed by atoms with Crippen LogP contribution in [0.3, 0.4) is 0 Å². The summed E-state index contributed by atoms with van der Waals surface area (Å²) in [5, 5.41) is 0. The Labute approximate surface area is 423 Å². The molecule has 1 unspecified atom stereocenters. The first-order chi connectivity index (χ1) is 33.5. The van der Waals surface area contributed by atoms with Gasteiger partial charge in [0.2, 0.25) is 0 Å². The number of carbonyl (C=O) groups excluding carboxylic acids is 3. The Morgan fingerprint density at radius 3 is 0.824 bits per heavy atom. The van der Waals surface area contributed by atoms with Crippen LogP contribution in [0.1, 0.15) is 335 Å². The highest BCUT2D eigenvalue weighted by Gasteiger charge is 2.19. The Balaban J connectivity index is 4.32. The van der Waals surface area contributed by atoms with E-state index in [0.29, 0.717) is 19.3 Å². The second-order valence-corrected chi connectivity index (χ2v) is 20.6. The molecule has 0 aromatic rings. The van der Waals surface area contributed by atoms with Crippen LogP contribution < -0.4 is 0 Å². The van der Waals surface area contributed by atoms with Crippen molar-refractivity contribution in [3.63, 3.8) is 0 Å². The Bertz CT molecular complexity index is 1100. The maximum absolute atomic E-state index is 12.9. The number of ether oxygens (including phenoxy) is 3. The summed E-state index contributed by atoms with van der Waals surface area (Å²) in [4.78, 5) is 38.2. The lowest BCUT2D eigenvalue weighted by Gasteiger charge is -2.18. The van der Waals surface area contributed by atoms with E-state index in [-0.39, 0.29) is 31.1 Å². The summed E-state index contributed by atoms with van der Waals surface area (Å²) in [6.45, 7) is 6.67. The van der Waals surface area contributed by atoms with Crippen LogP contribution in [0.5, 0.6) is 0 Å². The third kappa shape index (κ3) is 54.8. The van der Waals surface area contributed by atoms with E-state index in [4.69, 9.17) is 14.2 Å². The molecule has 1 atom stereocenters. The minimum atomic E-state index is -0.774. The molecule has 0 rings (SSSR count). The molecule has 0 saturated carbocycles. The summed E-state index contributed by atoms with van der Waals surface area (Å²) < 4.78 is 16.9. The molecule has 0 aliphatic carbocycles. The lowest BCUT2D eigenvalue weighted by atomic mass is 10.0. The summed E-state index contributed by atoms with van der Waals surface area (Å²) in [5.74, 6) is -0.860. The average Bonchev–Trinajstić information content (AvgIpc) is 3.34. The van der Waals surface area contributed by atoms with Gasteiger partial charge in [-0.3, -0.25) is 14.4 Å². The van der Waals surface area contributed by atoms with E-state index >= 15 is 0 Å². The standard InChI is InChI=1S/C62H116O6/c1-4-7-10-13-16-19-22-25-28-30-31-32-35-37-40-43-46-49-52-55-61(64)67-58-59(57-66-60(63)54-51-48-45-42-39-36-33-27-24-21-18-15-12-9-6-3)68-62(65)56-53-50-47-44-41-38-34-29-26-23-20-17-14-11-8-5-2/h20,23,29,34,59H,4-19,21-22,24-28,30-33,35-58H2,1-3H3/b23-20-,34-29-. The number of allylic oxidation sites excluding steroid dienone is 4. The predicted octanol–water partition coefficient (Wildman–Crippen LogP) is 20.3. The number of rotatable bonds is 56. The molecule has 0 fully saturated rings. The molecule has 0 aromatic heterocycles. The molecule has 0 heterocycles. The van der Waals surface area contributed by atoms with Crippen LogP contribution in [0.25, 0.3) is 0 Å². The fourth-order valence-corrected chi connectivity index (χ4v) is 9.12. The highest BCUT2D eigenvalue weighted by molar-refractivity contribution is 5.71. The van der Waals surface area contributed by atoms with Gasteiger partial charge in [-0.05, 0) is 51.4 Å². The third-order valence-electron chi connectivity index (χ3n) is 13.7. The Hall–Kier alpha value is -2.11. The van der Waals surface area contributed by atoms with E-state index in [1.54, 1.807) is 0 Å². The van der Waals surface area contributed by atoms with E-state index in [1.807, 2.05) is 0 Å². The van der Waals surface area contributed by atoms with Crippen molar-refractivity contribution in [2.24, 2.45) is 0 Å². The Morgan fingerprint density at radius 2 is 0.529 bits per heavy atom. The van der Waals surface area contributed by atoms with Gasteiger partial charge in [-0.15, -0.1) is 0 Å². The molecule has 0 saturated heterocycles. The number of hydrogen-bond donors (Lipinski definition) is 0. The van der Waals surface area contributed by atoms with E-state index < -0.39 is 6.10 Å². The lowest BCUT2D eigenvalue weighted by Crippen LogP contribution is -2.30. The van der Waals surface area contributed by atoms with Gasteiger partial charge in [0.1, 0.15) is 13.2 Å². The van der Waals surface area contributed by atoms with Gasteiger partial charge in [0.05, 0.1) is 0 Å². The number of esters is 3. The fourth-order valence-electron chi connectivity index (χ4n) is 9.12. The topological polar surface area (TPSA) is 78.9 Å².